The number of amides is 1. The molecule has 2 fully saturated rings. The molecule has 0 saturated carbocycles. The number of carbonyl (C=O) groups excluding carboxylic acids is 1. The van der Waals surface area contributed by atoms with Crippen molar-refractivity contribution < 1.29 is 19.7 Å². The first-order valence-corrected chi connectivity index (χ1v) is 11.2. The molecular formula is C19H36N2O4S. The lowest BCUT2D eigenvalue weighted by Gasteiger charge is -2.42. The zero-order valence-corrected chi connectivity index (χ0v) is 17.3. The highest BCUT2D eigenvalue weighted by Crippen LogP contribution is 2.30. The summed E-state index contributed by atoms with van der Waals surface area (Å²) in [6, 6.07) is -0.529. The number of thioether (sulfide) groups is 1. The van der Waals surface area contributed by atoms with Gasteiger partial charge in [0.1, 0.15) is 17.6 Å². The fourth-order valence-electron chi connectivity index (χ4n) is 4.08. The lowest BCUT2D eigenvalue weighted by atomic mass is 9.87. The Morgan fingerprint density at radius 3 is 2.69 bits per heavy atom. The van der Waals surface area contributed by atoms with Crippen LogP contribution in [-0.2, 0) is 9.53 Å². The van der Waals surface area contributed by atoms with Crippen LogP contribution in [-0.4, -0.2) is 64.8 Å². The number of piperidine rings is 1. The summed E-state index contributed by atoms with van der Waals surface area (Å²) >= 11 is 1.52. The van der Waals surface area contributed by atoms with Crippen molar-refractivity contribution in [3.05, 3.63) is 0 Å². The Labute approximate surface area is 161 Å². The summed E-state index contributed by atoms with van der Waals surface area (Å²) in [6.07, 6.45) is 4.19. The minimum Gasteiger partial charge on any atom is -0.390 e. The molecule has 2 aliphatic rings. The first kappa shape index (κ1) is 22.0. The number of rotatable bonds is 7. The molecule has 152 valence electrons. The van der Waals surface area contributed by atoms with Gasteiger partial charge in [-0.1, -0.05) is 33.6 Å². The van der Waals surface area contributed by atoms with Crippen molar-refractivity contribution >= 4 is 17.7 Å². The van der Waals surface area contributed by atoms with Crippen LogP contribution in [0.15, 0.2) is 0 Å². The molecule has 0 radical (unpaired) electrons. The third kappa shape index (κ3) is 5.58. The number of carbonyl (C=O) groups is 1. The molecule has 0 aromatic carbocycles. The summed E-state index contributed by atoms with van der Waals surface area (Å²) < 4.78 is 6.01. The maximum absolute atomic E-state index is 12.9. The Kier molecular flexibility index (Phi) is 8.67. The Hall–Kier alpha value is -0.340. The number of aliphatic hydroxyl groups excluding tert-OH is 2. The summed E-state index contributed by atoms with van der Waals surface area (Å²) in [5.74, 6) is 0.649. The molecule has 2 heterocycles. The fraction of sp³-hybridized carbons (Fsp3) is 0.947. The van der Waals surface area contributed by atoms with E-state index in [1.54, 1.807) is 0 Å². The number of nitrogens with one attached hydrogen (secondary N) is 2. The molecule has 2 rings (SSSR count). The average molecular weight is 389 g/mol. The van der Waals surface area contributed by atoms with Gasteiger partial charge in [0.05, 0.1) is 18.2 Å². The lowest BCUT2D eigenvalue weighted by molar-refractivity contribution is -0.162. The molecular weight excluding hydrogens is 352 g/mol. The molecule has 7 heteroatoms. The van der Waals surface area contributed by atoms with E-state index >= 15 is 0 Å². The van der Waals surface area contributed by atoms with Gasteiger partial charge >= 0.3 is 0 Å². The van der Waals surface area contributed by atoms with Gasteiger partial charge in [-0.2, -0.15) is 0 Å². The molecule has 7 unspecified atom stereocenters. The maximum atomic E-state index is 12.9. The monoisotopic (exact) mass is 388 g/mol. The van der Waals surface area contributed by atoms with E-state index in [9.17, 15) is 15.0 Å². The third-order valence-electron chi connectivity index (χ3n) is 5.64. The molecule has 0 spiro atoms. The Bertz CT molecular complexity index is 449. The van der Waals surface area contributed by atoms with Crippen LogP contribution in [0, 0.1) is 11.8 Å². The quantitative estimate of drug-likeness (QED) is 0.528. The normalized spacial score (nSPS) is 36.7. The van der Waals surface area contributed by atoms with Gasteiger partial charge in [0.25, 0.3) is 0 Å². The zero-order valence-electron chi connectivity index (χ0n) is 16.5. The molecule has 7 atom stereocenters. The van der Waals surface area contributed by atoms with Crippen molar-refractivity contribution in [2.45, 2.75) is 88.7 Å². The second kappa shape index (κ2) is 10.3. The van der Waals surface area contributed by atoms with Crippen molar-refractivity contribution in [2.75, 3.05) is 12.8 Å². The van der Waals surface area contributed by atoms with Crippen LogP contribution in [0.2, 0.25) is 0 Å². The van der Waals surface area contributed by atoms with E-state index in [4.69, 9.17) is 4.74 Å². The molecule has 4 N–H and O–H groups in total. The van der Waals surface area contributed by atoms with Gasteiger partial charge in [-0.3, -0.25) is 4.79 Å². The highest BCUT2D eigenvalue weighted by molar-refractivity contribution is 7.99. The van der Waals surface area contributed by atoms with Gasteiger partial charge in [0.15, 0.2) is 0 Å². The van der Waals surface area contributed by atoms with Crippen molar-refractivity contribution in [3.63, 3.8) is 0 Å². The second-order valence-corrected chi connectivity index (χ2v) is 9.02. The molecule has 0 aromatic heterocycles. The number of ether oxygens (including phenoxy) is 1. The Morgan fingerprint density at radius 2 is 2.08 bits per heavy atom. The highest BCUT2D eigenvalue weighted by Gasteiger charge is 2.43. The van der Waals surface area contributed by atoms with Gasteiger partial charge in [-0.25, -0.2) is 0 Å². The van der Waals surface area contributed by atoms with Gasteiger partial charge in [-0.15, -0.1) is 11.8 Å². The van der Waals surface area contributed by atoms with Gasteiger partial charge in [-0.05, 0) is 37.5 Å². The van der Waals surface area contributed by atoms with Crippen molar-refractivity contribution in [1.82, 2.24) is 10.6 Å². The van der Waals surface area contributed by atoms with Crippen LogP contribution in [0.5, 0.6) is 0 Å². The molecule has 1 amide bonds. The molecule has 0 aliphatic carbocycles. The Balaban J connectivity index is 2.03. The SMILES string of the molecule is CCCC1CCNC(C(=O)NC(C(C)C)C2OC(SC)CC(O)C2O)C1. The second-order valence-electron chi connectivity index (χ2n) is 8.02. The van der Waals surface area contributed by atoms with E-state index in [2.05, 4.69) is 17.6 Å². The van der Waals surface area contributed by atoms with E-state index in [1.807, 2.05) is 20.1 Å². The molecule has 0 aromatic rings. The average Bonchev–Trinajstić information content (AvgIpc) is 2.62. The smallest absolute Gasteiger partial charge is 0.237 e. The topological polar surface area (TPSA) is 90.8 Å². The van der Waals surface area contributed by atoms with Crippen LogP contribution in [0.25, 0.3) is 0 Å². The van der Waals surface area contributed by atoms with E-state index in [1.165, 1.54) is 11.8 Å². The summed E-state index contributed by atoms with van der Waals surface area (Å²) in [5.41, 5.74) is -0.168. The summed E-state index contributed by atoms with van der Waals surface area (Å²) in [5, 5.41) is 27.1. The fourth-order valence-corrected chi connectivity index (χ4v) is 4.70. The number of hydrogen-bond acceptors (Lipinski definition) is 6. The van der Waals surface area contributed by atoms with E-state index in [0.29, 0.717) is 12.3 Å². The van der Waals surface area contributed by atoms with E-state index in [0.717, 1.165) is 32.2 Å². The molecule has 6 nitrogen and oxygen atoms in total. The van der Waals surface area contributed by atoms with E-state index in [-0.39, 0.29) is 29.3 Å². The number of aliphatic hydroxyl groups is 2. The van der Waals surface area contributed by atoms with Crippen LogP contribution in [0.4, 0.5) is 0 Å². The maximum Gasteiger partial charge on any atom is 0.237 e. The van der Waals surface area contributed by atoms with Crippen molar-refractivity contribution in [1.29, 1.82) is 0 Å². The number of hydrogen-bond donors (Lipinski definition) is 4. The Morgan fingerprint density at radius 1 is 1.35 bits per heavy atom. The zero-order chi connectivity index (χ0) is 19.3. The minimum atomic E-state index is -0.988. The van der Waals surface area contributed by atoms with Gasteiger partial charge in [0, 0.05) is 6.42 Å². The predicted molar refractivity (Wildman–Crippen MR) is 105 cm³/mol. The molecule has 2 saturated heterocycles. The third-order valence-corrected chi connectivity index (χ3v) is 6.47. The standard InChI is InChI=1S/C19H36N2O4S/c1-5-6-12-7-8-20-13(9-12)19(24)21-16(11(2)3)18-17(23)14(22)10-15(25-18)26-4/h11-18,20,22-23H,5-10H2,1-4H3,(H,21,24). The van der Waals surface area contributed by atoms with E-state index < -0.39 is 18.3 Å². The highest BCUT2D eigenvalue weighted by atomic mass is 32.2. The van der Waals surface area contributed by atoms with Gasteiger partial charge in [0.2, 0.25) is 5.91 Å². The minimum absolute atomic E-state index is 0.0268. The molecule has 26 heavy (non-hydrogen) atoms. The van der Waals surface area contributed by atoms with Crippen molar-refractivity contribution in [2.24, 2.45) is 11.8 Å². The molecule has 2 aliphatic heterocycles. The first-order chi connectivity index (χ1) is 12.4. The summed E-state index contributed by atoms with van der Waals surface area (Å²) in [7, 11) is 0. The molecule has 0 bridgehead atoms. The van der Waals surface area contributed by atoms with Crippen LogP contribution >= 0.6 is 11.8 Å². The summed E-state index contributed by atoms with van der Waals surface area (Å²) in [6.45, 7) is 7.06. The first-order valence-electron chi connectivity index (χ1n) is 9.95. The van der Waals surface area contributed by atoms with Crippen LogP contribution in [0.3, 0.4) is 0 Å². The predicted octanol–water partition coefficient (Wildman–Crippen LogP) is 1.50. The van der Waals surface area contributed by atoms with Crippen LogP contribution < -0.4 is 10.6 Å². The van der Waals surface area contributed by atoms with Gasteiger partial charge < -0.3 is 25.6 Å². The largest absolute Gasteiger partial charge is 0.390 e. The summed E-state index contributed by atoms with van der Waals surface area (Å²) in [4.78, 5) is 12.9. The van der Waals surface area contributed by atoms with Crippen LogP contribution in [0.1, 0.15) is 52.9 Å². The van der Waals surface area contributed by atoms with Crippen molar-refractivity contribution in [3.8, 4) is 0 Å². The lowest BCUT2D eigenvalue weighted by Crippen LogP contribution is -2.61.